The van der Waals surface area contributed by atoms with E-state index in [9.17, 15) is 14.4 Å². The van der Waals surface area contributed by atoms with Gasteiger partial charge in [0.1, 0.15) is 5.58 Å². The zero-order valence-corrected chi connectivity index (χ0v) is 20.6. The first-order chi connectivity index (χ1) is 16.8. The van der Waals surface area contributed by atoms with Gasteiger partial charge in [-0.05, 0) is 53.6 Å². The number of hydrogen-bond acceptors (Lipinski definition) is 5. The zero-order chi connectivity index (χ0) is 24.7. The van der Waals surface area contributed by atoms with E-state index in [0.29, 0.717) is 23.4 Å². The van der Waals surface area contributed by atoms with Crippen molar-refractivity contribution in [1.29, 1.82) is 0 Å². The van der Waals surface area contributed by atoms with Crippen LogP contribution in [0.1, 0.15) is 52.2 Å². The fourth-order valence-corrected chi connectivity index (χ4v) is 5.74. The average Bonchev–Trinajstić information content (AvgIpc) is 3.34. The summed E-state index contributed by atoms with van der Waals surface area (Å²) in [5.41, 5.74) is 2.61. The van der Waals surface area contributed by atoms with Gasteiger partial charge < -0.3 is 14.6 Å². The highest BCUT2D eigenvalue weighted by Crippen LogP contribution is 2.45. The summed E-state index contributed by atoms with van der Waals surface area (Å²) in [6.07, 6.45) is 0. The molecule has 0 radical (unpaired) electrons. The van der Waals surface area contributed by atoms with E-state index in [1.807, 2.05) is 53.6 Å². The molecule has 0 bridgehead atoms. The molecule has 2 aromatic heterocycles. The van der Waals surface area contributed by atoms with Crippen molar-refractivity contribution >= 4 is 39.8 Å². The standard InChI is InChI=1S/C28H26N2O4S/c1-16(2)15-30-26(23-9-6-12-35-23)25(20-7-4-5-8-21(20)28(30)33)27(32)29-18-10-11-19-17(3)13-24(31)34-22(19)14-18/h4-14,16,25-26H,15H2,1-3H3,(H,29,32)/t25-,26-/m0/s1. The summed E-state index contributed by atoms with van der Waals surface area (Å²) in [6, 6.07) is 17.6. The highest BCUT2D eigenvalue weighted by Gasteiger charge is 2.44. The van der Waals surface area contributed by atoms with Gasteiger partial charge in [-0.15, -0.1) is 11.3 Å². The molecule has 35 heavy (non-hydrogen) atoms. The van der Waals surface area contributed by atoms with Crippen LogP contribution in [0.25, 0.3) is 11.0 Å². The number of nitrogens with one attached hydrogen (secondary N) is 1. The molecule has 0 fully saturated rings. The van der Waals surface area contributed by atoms with Gasteiger partial charge >= 0.3 is 5.63 Å². The van der Waals surface area contributed by atoms with E-state index in [-0.39, 0.29) is 17.7 Å². The summed E-state index contributed by atoms with van der Waals surface area (Å²) in [5.74, 6) is -0.630. The van der Waals surface area contributed by atoms with E-state index in [1.54, 1.807) is 29.5 Å². The van der Waals surface area contributed by atoms with Crippen molar-refractivity contribution in [3.05, 3.63) is 98.0 Å². The third kappa shape index (κ3) is 4.28. The molecular weight excluding hydrogens is 460 g/mol. The molecule has 0 aliphatic carbocycles. The Balaban J connectivity index is 1.59. The lowest BCUT2D eigenvalue weighted by atomic mass is 9.81. The molecule has 1 N–H and O–H groups in total. The van der Waals surface area contributed by atoms with Crippen LogP contribution >= 0.6 is 11.3 Å². The van der Waals surface area contributed by atoms with E-state index in [0.717, 1.165) is 21.4 Å². The van der Waals surface area contributed by atoms with Crippen LogP contribution in [0.5, 0.6) is 0 Å². The van der Waals surface area contributed by atoms with Crippen molar-refractivity contribution in [2.75, 3.05) is 11.9 Å². The van der Waals surface area contributed by atoms with Gasteiger partial charge in [0, 0.05) is 40.2 Å². The Morgan fingerprint density at radius 2 is 1.89 bits per heavy atom. The first-order valence-electron chi connectivity index (χ1n) is 11.6. The van der Waals surface area contributed by atoms with Crippen LogP contribution in [-0.2, 0) is 4.79 Å². The third-order valence-corrected chi connectivity index (χ3v) is 7.28. The van der Waals surface area contributed by atoms with Gasteiger partial charge in [-0.3, -0.25) is 9.59 Å². The van der Waals surface area contributed by atoms with Crippen LogP contribution in [0.4, 0.5) is 5.69 Å². The molecule has 3 heterocycles. The monoisotopic (exact) mass is 486 g/mol. The van der Waals surface area contributed by atoms with Crippen LogP contribution in [-0.4, -0.2) is 23.3 Å². The quantitative estimate of drug-likeness (QED) is 0.365. The maximum absolute atomic E-state index is 13.9. The maximum Gasteiger partial charge on any atom is 0.336 e. The normalized spacial score (nSPS) is 17.6. The van der Waals surface area contributed by atoms with Gasteiger partial charge in [0.25, 0.3) is 5.91 Å². The van der Waals surface area contributed by atoms with E-state index >= 15 is 0 Å². The minimum atomic E-state index is -0.596. The zero-order valence-electron chi connectivity index (χ0n) is 19.8. The summed E-state index contributed by atoms with van der Waals surface area (Å²) in [5, 5.41) is 5.81. The molecule has 4 aromatic rings. The highest BCUT2D eigenvalue weighted by atomic mass is 32.1. The lowest BCUT2D eigenvalue weighted by Gasteiger charge is -2.42. The molecule has 0 unspecified atom stereocenters. The number of hydrogen-bond donors (Lipinski definition) is 1. The number of nitrogens with zero attached hydrogens (tertiary/aromatic N) is 1. The number of amides is 2. The molecule has 1 aliphatic rings. The van der Waals surface area contributed by atoms with Crippen molar-refractivity contribution in [2.45, 2.75) is 32.7 Å². The highest BCUT2D eigenvalue weighted by molar-refractivity contribution is 7.10. The van der Waals surface area contributed by atoms with Crippen LogP contribution < -0.4 is 10.9 Å². The van der Waals surface area contributed by atoms with Crippen molar-refractivity contribution < 1.29 is 14.0 Å². The lowest BCUT2D eigenvalue weighted by Crippen LogP contribution is -2.47. The molecule has 0 spiro atoms. The molecular formula is C28H26N2O4S. The molecule has 2 atom stereocenters. The Bertz CT molecular complexity index is 1470. The van der Waals surface area contributed by atoms with Crippen LogP contribution in [0.2, 0.25) is 0 Å². The van der Waals surface area contributed by atoms with Gasteiger partial charge in [-0.1, -0.05) is 38.1 Å². The Labute approximate surface area is 207 Å². The molecule has 1 aliphatic heterocycles. The Morgan fingerprint density at radius 1 is 1.09 bits per heavy atom. The minimum absolute atomic E-state index is 0.0558. The number of carbonyl (C=O) groups is 2. The predicted molar refractivity (Wildman–Crippen MR) is 138 cm³/mol. The first-order valence-corrected chi connectivity index (χ1v) is 12.5. The Kier molecular flexibility index (Phi) is 6.03. The molecule has 7 heteroatoms. The second-order valence-corrected chi connectivity index (χ2v) is 10.3. The van der Waals surface area contributed by atoms with Crippen LogP contribution in [0, 0.1) is 12.8 Å². The maximum atomic E-state index is 13.9. The number of thiophene rings is 1. The molecule has 2 amide bonds. The van der Waals surface area contributed by atoms with Gasteiger partial charge in [0.05, 0.1) is 12.0 Å². The van der Waals surface area contributed by atoms with Crippen LogP contribution in [0.15, 0.2) is 75.3 Å². The lowest BCUT2D eigenvalue weighted by molar-refractivity contribution is -0.119. The largest absolute Gasteiger partial charge is 0.423 e. The van der Waals surface area contributed by atoms with Crippen molar-refractivity contribution in [3.8, 4) is 0 Å². The summed E-state index contributed by atoms with van der Waals surface area (Å²) in [6.45, 7) is 6.53. The number of carbonyl (C=O) groups excluding carboxylic acids is 2. The fourth-order valence-electron chi connectivity index (χ4n) is 4.87. The minimum Gasteiger partial charge on any atom is -0.423 e. The van der Waals surface area contributed by atoms with Crippen molar-refractivity contribution in [2.24, 2.45) is 5.92 Å². The van der Waals surface area contributed by atoms with Crippen molar-refractivity contribution in [3.63, 3.8) is 0 Å². The summed E-state index contributed by atoms with van der Waals surface area (Å²) < 4.78 is 5.36. The Morgan fingerprint density at radius 3 is 2.63 bits per heavy atom. The SMILES string of the molecule is Cc1cc(=O)oc2cc(NC(=O)[C@H]3c4ccccc4C(=O)N(CC(C)C)[C@H]3c3cccs3)ccc12. The third-order valence-electron chi connectivity index (χ3n) is 6.34. The summed E-state index contributed by atoms with van der Waals surface area (Å²) in [4.78, 5) is 42.1. The van der Waals surface area contributed by atoms with E-state index < -0.39 is 17.6 Å². The van der Waals surface area contributed by atoms with Gasteiger partial charge in [-0.2, -0.15) is 0 Å². The van der Waals surface area contributed by atoms with Gasteiger partial charge in [-0.25, -0.2) is 4.79 Å². The smallest absolute Gasteiger partial charge is 0.336 e. The molecule has 0 saturated carbocycles. The average molecular weight is 487 g/mol. The van der Waals surface area contributed by atoms with E-state index in [2.05, 4.69) is 19.2 Å². The molecule has 6 nitrogen and oxygen atoms in total. The van der Waals surface area contributed by atoms with E-state index in [1.165, 1.54) is 6.07 Å². The number of anilines is 1. The molecule has 178 valence electrons. The van der Waals surface area contributed by atoms with Crippen molar-refractivity contribution in [1.82, 2.24) is 4.90 Å². The summed E-state index contributed by atoms with van der Waals surface area (Å²) in [7, 11) is 0. The second kappa shape index (κ2) is 9.15. The first kappa shape index (κ1) is 23.1. The second-order valence-electron chi connectivity index (χ2n) is 9.33. The topological polar surface area (TPSA) is 79.6 Å². The van der Waals surface area contributed by atoms with Gasteiger partial charge in [0.15, 0.2) is 0 Å². The Hall–Kier alpha value is -3.71. The molecule has 2 aromatic carbocycles. The summed E-state index contributed by atoms with van der Waals surface area (Å²) >= 11 is 1.55. The number of fused-ring (bicyclic) bond motifs is 2. The predicted octanol–water partition coefficient (Wildman–Crippen LogP) is 5.74. The molecule has 5 rings (SSSR count). The molecule has 0 saturated heterocycles. The number of rotatable bonds is 5. The van der Waals surface area contributed by atoms with E-state index in [4.69, 9.17) is 4.42 Å². The van der Waals surface area contributed by atoms with Crippen LogP contribution in [0.3, 0.4) is 0 Å². The van der Waals surface area contributed by atoms with Gasteiger partial charge in [0.2, 0.25) is 5.91 Å². The number of aryl methyl sites for hydroxylation is 1. The fraction of sp³-hybridized carbons (Fsp3) is 0.250. The number of benzene rings is 2.